The van der Waals surface area contributed by atoms with Crippen LogP contribution in [0.3, 0.4) is 0 Å². The van der Waals surface area contributed by atoms with Crippen LogP contribution in [0.25, 0.3) is 0 Å². The third-order valence-corrected chi connectivity index (χ3v) is 5.05. The maximum atomic E-state index is 12.1. The molecule has 0 unspecified atom stereocenters. The number of nitrogens with zero attached hydrogens (tertiary/aromatic N) is 1. The van der Waals surface area contributed by atoms with Crippen LogP contribution >= 0.6 is 0 Å². The third-order valence-electron chi connectivity index (χ3n) is 3.32. The highest BCUT2D eigenvalue weighted by atomic mass is 32.2. The average Bonchev–Trinajstić information content (AvgIpc) is 2.47. The zero-order chi connectivity index (χ0) is 16.1. The van der Waals surface area contributed by atoms with Crippen molar-refractivity contribution in [3.63, 3.8) is 0 Å². The Kier molecular flexibility index (Phi) is 5.47. The standard InChI is InChI=1S/C14H18N2O4S/c1-4-14(3,5-2)15-10-11-21(19,20)13-8-6-12(7-9-13)16(17)18/h1,6-9,15H,5,10-11H2,2-3H3/t14-/m0/s1. The van der Waals surface area contributed by atoms with Crippen LogP contribution in [0, 0.1) is 22.5 Å². The number of terminal acetylenes is 1. The highest BCUT2D eigenvalue weighted by Gasteiger charge is 2.20. The molecule has 0 amide bonds. The summed E-state index contributed by atoms with van der Waals surface area (Å²) in [6, 6.07) is 4.84. The van der Waals surface area contributed by atoms with Gasteiger partial charge in [0, 0.05) is 18.7 Å². The lowest BCUT2D eigenvalue weighted by atomic mass is 10.0. The average molecular weight is 310 g/mol. The molecule has 6 nitrogen and oxygen atoms in total. The Morgan fingerprint density at radius 2 is 1.95 bits per heavy atom. The lowest BCUT2D eigenvalue weighted by molar-refractivity contribution is -0.384. The molecule has 1 rings (SSSR count). The summed E-state index contributed by atoms with van der Waals surface area (Å²) >= 11 is 0. The molecule has 0 bridgehead atoms. The molecule has 0 spiro atoms. The van der Waals surface area contributed by atoms with Crippen molar-refractivity contribution >= 4 is 15.5 Å². The Hall–Kier alpha value is -1.91. The van der Waals surface area contributed by atoms with E-state index in [1.165, 1.54) is 24.3 Å². The van der Waals surface area contributed by atoms with E-state index in [2.05, 4.69) is 11.2 Å². The van der Waals surface area contributed by atoms with Crippen LogP contribution in [-0.2, 0) is 9.84 Å². The minimum atomic E-state index is -3.50. The first-order chi connectivity index (χ1) is 9.74. The van der Waals surface area contributed by atoms with Crippen LogP contribution in [0.1, 0.15) is 20.3 Å². The molecule has 0 heterocycles. The molecule has 0 saturated carbocycles. The number of rotatable bonds is 7. The number of nitro groups is 1. The maximum Gasteiger partial charge on any atom is 0.269 e. The van der Waals surface area contributed by atoms with E-state index in [-0.39, 0.29) is 22.9 Å². The van der Waals surface area contributed by atoms with Crippen molar-refractivity contribution in [2.24, 2.45) is 0 Å². The molecular weight excluding hydrogens is 292 g/mol. The number of benzene rings is 1. The summed E-state index contributed by atoms with van der Waals surface area (Å²) < 4.78 is 24.2. The normalized spacial score (nSPS) is 14.1. The molecule has 114 valence electrons. The van der Waals surface area contributed by atoms with E-state index in [0.29, 0.717) is 6.42 Å². The first-order valence-corrected chi connectivity index (χ1v) is 8.09. The second-order valence-corrected chi connectivity index (χ2v) is 6.94. The highest BCUT2D eigenvalue weighted by Crippen LogP contribution is 2.17. The molecular formula is C14H18N2O4S. The van der Waals surface area contributed by atoms with Crippen molar-refractivity contribution in [2.45, 2.75) is 30.7 Å². The van der Waals surface area contributed by atoms with E-state index in [4.69, 9.17) is 6.42 Å². The summed E-state index contributed by atoms with van der Waals surface area (Å²) in [5.41, 5.74) is -0.677. The summed E-state index contributed by atoms with van der Waals surface area (Å²) in [6.07, 6.45) is 6.08. The molecule has 0 aliphatic rings. The zero-order valence-corrected chi connectivity index (χ0v) is 12.8. The van der Waals surface area contributed by atoms with Crippen LogP contribution in [0.2, 0.25) is 0 Å². The zero-order valence-electron chi connectivity index (χ0n) is 12.0. The van der Waals surface area contributed by atoms with Gasteiger partial charge < -0.3 is 5.32 Å². The smallest absolute Gasteiger partial charge is 0.269 e. The van der Waals surface area contributed by atoms with Crippen molar-refractivity contribution in [3.8, 4) is 12.3 Å². The number of non-ortho nitro benzene ring substituents is 1. The number of hydrogen-bond acceptors (Lipinski definition) is 5. The number of nitrogens with one attached hydrogen (secondary N) is 1. The lowest BCUT2D eigenvalue weighted by Gasteiger charge is -2.23. The minimum Gasteiger partial charge on any atom is -0.300 e. The van der Waals surface area contributed by atoms with Crippen molar-refractivity contribution in [3.05, 3.63) is 34.4 Å². The second kappa shape index (κ2) is 6.70. The van der Waals surface area contributed by atoms with Crippen molar-refractivity contribution in [1.82, 2.24) is 5.32 Å². The lowest BCUT2D eigenvalue weighted by Crippen LogP contribution is -2.42. The van der Waals surface area contributed by atoms with Crippen LogP contribution in [0.5, 0.6) is 0 Å². The molecule has 0 saturated heterocycles. The summed E-state index contributed by atoms with van der Waals surface area (Å²) in [7, 11) is -3.50. The Morgan fingerprint density at radius 1 is 1.38 bits per heavy atom. The van der Waals surface area contributed by atoms with Gasteiger partial charge >= 0.3 is 0 Å². The summed E-state index contributed by atoms with van der Waals surface area (Å²) in [5, 5.41) is 13.6. The number of nitro benzene ring substituents is 1. The van der Waals surface area contributed by atoms with Crippen LogP contribution in [0.4, 0.5) is 5.69 Å². The molecule has 1 aromatic carbocycles. The van der Waals surface area contributed by atoms with E-state index in [1.54, 1.807) is 0 Å². The van der Waals surface area contributed by atoms with Crippen LogP contribution in [-0.4, -0.2) is 31.2 Å². The van der Waals surface area contributed by atoms with Crippen LogP contribution in [0.15, 0.2) is 29.2 Å². The van der Waals surface area contributed by atoms with Gasteiger partial charge in [0.15, 0.2) is 9.84 Å². The summed E-state index contributed by atoms with van der Waals surface area (Å²) in [4.78, 5) is 10.0. The Bertz CT molecular complexity index is 647. The van der Waals surface area contributed by atoms with E-state index in [1.807, 2.05) is 13.8 Å². The van der Waals surface area contributed by atoms with Gasteiger partial charge in [0.2, 0.25) is 0 Å². The van der Waals surface area contributed by atoms with Crippen LogP contribution < -0.4 is 5.32 Å². The first-order valence-electron chi connectivity index (χ1n) is 6.44. The summed E-state index contributed by atoms with van der Waals surface area (Å²) in [6.45, 7) is 3.96. The molecule has 1 N–H and O–H groups in total. The van der Waals surface area contributed by atoms with Crippen molar-refractivity contribution in [2.75, 3.05) is 12.3 Å². The number of sulfone groups is 1. The van der Waals surface area contributed by atoms with Gasteiger partial charge in [-0.15, -0.1) is 6.42 Å². The van der Waals surface area contributed by atoms with Gasteiger partial charge in [-0.05, 0) is 25.5 Å². The van der Waals surface area contributed by atoms with Gasteiger partial charge in [0.25, 0.3) is 5.69 Å². The fourth-order valence-corrected chi connectivity index (χ4v) is 2.79. The molecule has 7 heteroatoms. The first kappa shape index (κ1) is 17.1. The van der Waals surface area contributed by atoms with Crippen molar-refractivity contribution in [1.29, 1.82) is 0 Å². The monoisotopic (exact) mass is 310 g/mol. The van der Waals surface area contributed by atoms with Gasteiger partial charge in [0.1, 0.15) is 0 Å². The quantitative estimate of drug-likeness (QED) is 0.471. The molecule has 0 fully saturated rings. The Morgan fingerprint density at radius 3 is 2.38 bits per heavy atom. The Balaban J connectivity index is 2.74. The fraction of sp³-hybridized carbons (Fsp3) is 0.429. The van der Waals surface area contributed by atoms with E-state index in [9.17, 15) is 18.5 Å². The summed E-state index contributed by atoms with van der Waals surface area (Å²) in [5.74, 6) is 2.47. The maximum absolute atomic E-state index is 12.1. The van der Waals surface area contributed by atoms with Gasteiger partial charge in [-0.1, -0.05) is 12.8 Å². The molecule has 0 radical (unpaired) electrons. The minimum absolute atomic E-state index is 0.0637. The molecule has 1 aromatic rings. The topological polar surface area (TPSA) is 89.3 Å². The molecule has 0 aromatic heterocycles. The van der Waals surface area contributed by atoms with Gasteiger partial charge in [0.05, 0.1) is 21.1 Å². The van der Waals surface area contributed by atoms with E-state index < -0.39 is 20.3 Å². The second-order valence-electron chi connectivity index (χ2n) is 4.83. The van der Waals surface area contributed by atoms with E-state index >= 15 is 0 Å². The van der Waals surface area contributed by atoms with Gasteiger partial charge in [-0.2, -0.15) is 0 Å². The fourth-order valence-electron chi connectivity index (χ4n) is 1.63. The van der Waals surface area contributed by atoms with Gasteiger partial charge in [-0.3, -0.25) is 10.1 Å². The largest absolute Gasteiger partial charge is 0.300 e. The third kappa shape index (κ3) is 4.55. The Labute approximate surface area is 124 Å². The molecule has 0 aliphatic carbocycles. The SMILES string of the molecule is C#C[C@@](C)(CC)NCCS(=O)(=O)c1ccc([N+](=O)[O-])cc1. The molecule has 0 aliphatic heterocycles. The van der Waals surface area contributed by atoms with E-state index in [0.717, 1.165) is 0 Å². The van der Waals surface area contributed by atoms with Crippen molar-refractivity contribution < 1.29 is 13.3 Å². The molecule has 1 atom stereocenters. The number of hydrogen-bond donors (Lipinski definition) is 1. The highest BCUT2D eigenvalue weighted by molar-refractivity contribution is 7.91. The molecule has 21 heavy (non-hydrogen) atoms. The predicted octanol–water partition coefficient (Wildman–Crippen LogP) is 1.76. The van der Waals surface area contributed by atoms with Gasteiger partial charge in [-0.25, -0.2) is 8.42 Å². The predicted molar refractivity (Wildman–Crippen MR) is 80.7 cm³/mol.